The lowest BCUT2D eigenvalue weighted by molar-refractivity contribution is -0.135. The maximum Gasteiger partial charge on any atom is 0.322 e. The molecule has 1 heterocycles. The van der Waals surface area contributed by atoms with Crippen LogP contribution in [0.4, 0.5) is 0 Å². The normalized spacial score (nSPS) is 9.43. The Morgan fingerprint density at radius 3 is 2.79 bits per heavy atom. The molecule has 1 rings (SSSR count). The van der Waals surface area contributed by atoms with Gasteiger partial charge in [-0.05, 0) is 6.07 Å². The number of nitrogens with one attached hydrogen (secondary N) is 2. The number of carbonyl (C=O) groups excluding carboxylic acids is 1. The highest BCUT2D eigenvalue weighted by atomic mass is 16.4. The van der Waals surface area contributed by atoms with Crippen LogP contribution < -0.4 is 10.9 Å². The van der Waals surface area contributed by atoms with Gasteiger partial charge in [0.05, 0.1) is 0 Å². The van der Waals surface area contributed by atoms with Crippen LogP contribution in [0, 0.1) is 0 Å². The average molecular weight is 196 g/mol. The smallest absolute Gasteiger partial charge is 0.322 e. The number of pyridine rings is 1. The van der Waals surface area contributed by atoms with Crippen molar-refractivity contribution in [1.82, 2.24) is 10.3 Å². The van der Waals surface area contributed by atoms with E-state index in [4.69, 9.17) is 5.11 Å². The van der Waals surface area contributed by atoms with Crippen molar-refractivity contribution in [2.24, 2.45) is 0 Å². The second kappa shape index (κ2) is 4.22. The zero-order valence-corrected chi connectivity index (χ0v) is 7.11. The zero-order chi connectivity index (χ0) is 10.6. The van der Waals surface area contributed by atoms with Crippen LogP contribution in [0.1, 0.15) is 10.4 Å². The molecule has 14 heavy (non-hydrogen) atoms. The van der Waals surface area contributed by atoms with Gasteiger partial charge in [-0.1, -0.05) is 0 Å². The minimum Gasteiger partial charge on any atom is -0.480 e. The number of carbonyl (C=O) groups is 2. The predicted octanol–water partition coefficient (Wildman–Crippen LogP) is -0.811. The van der Waals surface area contributed by atoms with E-state index in [-0.39, 0.29) is 5.56 Å². The number of carboxylic acid groups (broad SMARTS) is 1. The van der Waals surface area contributed by atoms with E-state index < -0.39 is 24.0 Å². The molecule has 0 fully saturated rings. The summed E-state index contributed by atoms with van der Waals surface area (Å²) in [5, 5.41) is 10.4. The maximum atomic E-state index is 11.2. The van der Waals surface area contributed by atoms with Crippen molar-refractivity contribution in [2.75, 3.05) is 6.54 Å². The quantitative estimate of drug-likeness (QED) is 0.588. The number of hydrogen-bond acceptors (Lipinski definition) is 3. The minimum absolute atomic E-state index is 0.134. The molecule has 1 amide bonds. The number of aromatic nitrogens is 1. The van der Waals surface area contributed by atoms with Gasteiger partial charge in [0, 0.05) is 17.8 Å². The third-order valence-electron chi connectivity index (χ3n) is 1.44. The van der Waals surface area contributed by atoms with Crippen molar-refractivity contribution in [3.8, 4) is 0 Å². The molecule has 1 aromatic rings. The van der Waals surface area contributed by atoms with Gasteiger partial charge in [-0.25, -0.2) is 0 Å². The molecular weight excluding hydrogens is 188 g/mol. The second-order valence-electron chi connectivity index (χ2n) is 2.52. The van der Waals surface area contributed by atoms with Crippen LogP contribution in [0.15, 0.2) is 23.1 Å². The number of carboxylic acids is 1. The van der Waals surface area contributed by atoms with Gasteiger partial charge in [-0.2, -0.15) is 0 Å². The van der Waals surface area contributed by atoms with Crippen LogP contribution in [-0.2, 0) is 4.79 Å². The highest BCUT2D eigenvalue weighted by molar-refractivity contribution is 5.95. The molecule has 74 valence electrons. The molecule has 0 aliphatic rings. The minimum atomic E-state index is -1.14. The zero-order valence-electron chi connectivity index (χ0n) is 7.11. The van der Waals surface area contributed by atoms with Gasteiger partial charge in [-0.3, -0.25) is 14.4 Å². The number of amides is 1. The van der Waals surface area contributed by atoms with Gasteiger partial charge >= 0.3 is 5.97 Å². The Morgan fingerprint density at radius 2 is 2.21 bits per heavy atom. The number of aliphatic carboxylic acids is 1. The van der Waals surface area contributed by atoms with Gasteiger partial charge in [-0.15, -0.1) is 0 Å². The van der Waals surface area contributed by atoms with Crippen LogP contribution in [0.5, 0.6) is 0 Å². The maximum absolute atomic E-state index is 11.2. The SMILES string of the molecule is O=C(O)CNC(=O)c1cc[nH]c(=O)c1. The van der Waals surface area contributed by atoms with Gasteiger partial charge in [0.25, 0.3) is 5.91 Å². The Labute approximate surface area is 78.6 Å². The van der Waals surface area contributed by atoms with Gasteiger partial charge in [0.1, 0.15) is 6.54 Å². The van der Waals surface area contributed by atoms with Gasteiger partial charge < -0.3 is 15.4 Å². The summed E-state index contributed by atoms with van der Waals surface area (Å²) in [4.78, 5) is 34.4. The van der Waals surface area contributed by atoms with Crippen LogP contribution in [0.2, 0.25) is 0 Å². The van der Waals surface area contributed by atoms with Crippen LogP contribution in [0.3, 0.4) is 0 Å². The van der Waals surface area contributed by atoms with Crippen molar-refractivity contribution < 1.29 is 14.7 Å². The van der Waals surface area contributed by atoms with E-state index in [0.29, 0.717) is 0 Å². The van der Waals surface area contributed by atoms with Gasteiger partial charge in [0.2, 0.25) is 5.56 Å². The lowest BCUT2D eigenvalue weighted by atomic mass is 10.2. The summed E-state index contributed by atoms with van der Waals surface area (Å²) in [5.74, 6) is -1.72. The molecule has 6 nitrogen and oxygen atoms in total. The summed E-state index contributed by atoms with van der Waals surface area (Å²) in [5.41, 5.74) is -0.275. The summed E-state index contributed by atoms with van der Waals surface area (Å²) in [6.45, 7) is -0.467. The van der Waals surface area contributed by atoms with Crippen molar-refractivity contribution in [3.05, 3.63) is 34.2 Å². The van der Waals surface area contributed by atoms with E-state index in [0.717, 1.165) is 6.07 Å². The van der Waals surface area contributed by atoms with Crippen molar-refractivity contribution in [3.63, 3.8) is 0 Å². The Hall–Kier alpha value is -2.11. The standard InChI is InChI=1S/C8H8N2O4/c11-6-3-5(1-2-9-6)8(14)10-4-7(12)13/h1-3H,4H2,(H,9,11)(H,10,14)(H,12,13). The number of rotatable bonds is 3. The molecule has 0 saturated carbocycles. The van der Waals surface area contributed by atoms with Crippen molar-refractivity contribution in [1.29, 1.82) is 0 Å². The first-order valence-electron chi connectivity index (χ1n) is 3.78. The molecule has 3 N–H and O–H groups in total. The molecule has 0 spiro atoms. The number of aromatic amines is 1. The lowest BCUT2D eigenvalue weighted by Gasteiger charge is -2.00. The molecule has 0 radical (unpaired) electrons. The lowest BCUT2D eigenvalue weighted by Crippen LogP contribution is -2.29. The molecule has 6 heteroatoms. The molecule has 0 atom stereocenters. The number of hydrogen-bond donors (Lipinski definition) is 3. The third-order valence-corrected chi connectivity index (χ3v) is 1.44. The topological polar surface area (TPSA) is 99.3 Å². The first-order valence-corrected chi connectivity index (χ1v) is 3.78. The van der Waals surface area contributed by atoms with E-state index in [1.165, 1.54) is 12.3 Å². The highest BCUT2D eigenvalue weighted by Crippen LogP contribution is 1.91. The molecule has 0 aromatic carbocycles. The van der Waals surface area contributed by atoms with Crippen LogP contribution in [-0.4, -0.2) is 28.5 Å². The Morgan fingerprint density at radius 1 is 1.50 bits per heavy atom. The summed E-state index contributed by atoms with van der Waals surface area (Å²) in [7, 11) is 0. The average Bonchev–Trinajstić information content (AvgIpc) is 2.14. The van der Waals surface area contributed by atoms with E-state index in [1.807, 2.05) is 0 Å². The first-order chi connectivity index (χ1) is 6.59. The second-order valence-corrected chi connectivity index (χ2v) is 2.52. The molecule has 0 aliphatic carbocycles. The third kappa shape index (κ3) is 2.74. The number of H-pyrrole nitrogens is 1. The molecule has 1 aromatic heterocycles. The summed E-state index contributed by atoms with van der Waals surface area (Å²) < 4.78 is 0. The largest absolute Gasteiger partial charge is 0.480 e. The first kappa shape index (κ1) is 9.97. The highest BCUT2D eigenvalue weighted by Gasteiger charge is 2.06. The van der Waals surface area contributed by atoms with Crippen molar-refractivity contribution >= 4 is 11.9 Å². The monoisotopic (exact) mass is 196 g/mol. The summed E-state index contributed by atoms with van der Waals surface area (Å²) >= 11 is 0. The Kier molecular flexibility index (Phi) is 3.01. The Bertz CT molecular complexity index is 410. The predicted molar refractivity (Wildman–Crippen MR) is 47.0 cm³/mol. The van der Waals surface area contributed by atoms with E-state index in [9.17, 15) is 14.4 Å². The summed E-state index contributed by atoms with van der Waals surface area (Å²) in [6, 6.07) is 2.48. The fraction of sp³-hybridized carbons (Fsp3) is 0.125. The van der Waals surface area contributed by atoms with Gasteiger partial charge in [0.15, 0.2) is 0 Å². The molecule has 0 saturated heterocycles. The van der Waals surface area contributed by atoms with E-state index in [2.05, 4.69) is 10.3 Å². The molecule has 0 unspecified atom stereocenters. The molecule has 0 aliphatic heterocycles. The van der Waals surface area contributed by atoms with Crippen LogP contribution >= 0.6 is 0 Å². The summed E-state index contributed by atoms with van der Waals surface area (Å²) in [6.07, 6.45) is 1.32. The van der Waals surface area contributed by atoms with E-state index >= 15 is 0 Å². The fourth-order valence-electron chi connectivity index (χ4n) is 0.844. The Balaban J connectivity index is 2.70. The fourth-order valence-corrected chi connectivity index (χ4v) is 0.844. The molecule has 0 bridgehead atoms. The van der Waals surface area contributed by atoms with Crippen molar-refractivity contribution in [2.45, 2.75) is 0 Å². The van der Waals surface area contributed by atoms with Crippen LogP contribution in [0.25, 0.3) is 0 Å². The molecular formula is C8H8N2O4. The van der Waals surface area contributed by atoms with E-state index in [1.54, 1.807) is 0 Å².